The van der Waals surface area contributed by atoms with Crippen molar-refractivity contribution in [2.24, 2.45) is 5.73 Å². The minimum absolute atomic E-state index is 0.131. The summed E-state index contributed by atoms with van der Waals surface area (Å²) in [7, 11) is 0. The molecule has 0 aliphatic heterocycles. The molecule has 3 nitrogen and oxygen atoms in total. The molecule has 0 bridgehead atoms. The summed E-state index contributed by atoms with van der Waals surface area (Å²) in [4.78, 5) is 11.9. The van der Waals surface area contributed by atoms with Gasteiger partial charge >= 0.3 is 0 Å². The first-order valence-corrected chi connectivity index (χ1v) is 6.00. The molecule has 3 N–H and O–H groups in total. The van der Waals surface area contributed by atoms with Crippen molar-refractivity contribution in [3.05, 3.63) is 71.5 Å². The summed E-state index contributed by atoms with van der Waals surface area (Å²) >= 11 is 0. The van der Waals surface area contributed by atoms with Crippen LogP contribution >= 0.6 is 0 Å². The number of nitrogens with one attached hydrogen (secondary N) is 1. The number of halogens is 1. The highest BCUT2D eigenvalue weighted by atomic mass is 19.1. The van der Waals surface area contributed by atoms with Crippen molar-refractivity contribution in [3.8, 4) is 0 Å². The van der Waals surface area contributed by atoms with Crippen LogP contribution in [0.1, 0.15) is 17.2 Å². The lowest BCUT2D eigenvalue weighted by Crippen LogP contribution is -2.33. The van der Waals surface area contributed by atoms with E-state index in [1.54, 1.807) is 30.3 Å². The van der Waals surface area contributed by atoms with Crippen LogP contribution in [0.2, 0.25) is 0 Å². The summed E-state index contributed by atoms with van der Waals surface area (Å²) < 4.78 is 13.4. The van der Waals surface area contributed by atoms with Crippen LogP contribution in [0.5, 0.6) is 0 Å². The van der Waals surface area contributed by atoms with Gasteiger partial charge in [-0.1, -0.05) is 48.5 Å². The van der Waals surface area contributed by atoms with Gasteiger partial charge in [0, 0.05) is 12.1 Å². The van der Waals surface area contributed by atoms with Crippen LogP contribution in [0.15, 0.2) is 54.6 Å². The van der Waals surface area contributed by atoms with Gasteiger partial charge in [-0.05, 0) is 11.6 Å². The van der Waals surface area contributed by atoms with Gasteiger partial charge in [-0.2, -0.15) is 0 Å². The average Bonchev–Trinajstić information content (AvgIpc) is 2.46. The average molecular weight is 258 g/mol. The minimum Gasteiger partial charge on any atom is -0.350 e. The first kappa shape index (κ1) is 13.2. The molecule has 2 aromatic rings. The Balaban J connectivity index is 1.97. The lowest BCUT2D eigenvalue weighted by Gasteiger charge is -2.12. The van der Waals surface area contributed by atoms with Gasteiger partial charge in [-0.3, -0.25) is 4.79 Å². The summed E-state index contributed by atoms with van der Waals surface area (Å²) in [5, 5.41) is 2.63. The molecule has 0 aliphatic carbocycles. The molecule has 0 spiro atoms. The zero-order valence-corrected chi connectivity index (χ0v) is 10.3. The third kappa shape index (κ3) is 3.39. The van der Waals surface area contributed by atoms with Gasteiger partial charge in [0.2, 0.25) is 5.91 Å². The highest BCUT2D eigenvalue weighted by molar-refractivity contribution is 5.82. The maximum Gasteiger partial charge on any atom is 0.241 e. The summed E-state index contributed by atoms with van der Waals surface area (Å²) in [6.07, 6.45) is 0. The molecule has 4 heteroatoms. The number of carbonyl (C=O) groups is 1. The van der Waals surface area contributed by atoms with Crippen LogP contribution in [0.3, 0.4) is 0 Å². The summed E-state index contributed by atoms with van der Waals surface area (Å²) in [6, 6.07) is 14.6. The van der Waals surface area contributed by atoms with E-state index in [2.05, 4.69) is 5.32 Å². The molecule has 1 amide bonds. The van der Waals surface area contributed by atoms with E-state index < -0.39 is 6.04 Å². The van der Waals surface area contributed by atoms with Crippen LogP contribution in [0.25, 0.3) is 0 Å². The molecular formula is C15H15FN2O. The molecule has 0 radical (unpaired) electrons. The molecule has 98 valence electrons. The van der Waals surface area contributed by atoms with Crippen molar-refractivity contribution in [3.63, 3.8) is 0 Å². The Morgan fingerprint density at radius 2 is 1.74 bits per heavy atom. The van der Waals surface area contributed by atoms with E-state index in [1.807, 2.05) is 18.2 Å². The largest absolute Gasteiger partial charge is 0.350 e. The quantitative estimate of drug-likeness (QED) is 0.882. The van der Waals surface area contributed by atoms with Crippen LogP contribution < -0.4 is 11.1 Å². The topological polar surface area (TPSA) is 55.1 Å². The normalized spacial score (nSPS) is 11.9. The first-order valence-electron chi connectivity index (χ1n) is 6.00. The van der Waals surface area contributed by atoms with Crippen LogP contribution in [0.4, 0.5) is 4.39 Å². The van der Waals surface area contributed by atoms with Gasteiger partial charge in [0.15, 0.2) is 0 Å². The van der Waals surface area contributed by atoms with E-state index in [-0.39, 0.29) is 18.3 Å². The number of amides is 1. The highest BCUT2D eigenvalue weighted by Gasteiger charge is 2.15. The molecule has 0 fully saturated rings. The number of hydrogen-bond acceptors (Lipinski definition) is 2. The minimum atomic E-state index is -0.743. The Bertz CT molecular complexity index is 557. The van der Waals surface area contributed by atoms with Crippen LogP contribution in [-0.2, 0) is 11.3 Å². The number of carbonyl (C=O) groups excluding carboxylic acids is 1. The van der Waals surface area contributed by atoms with Crippen molar-refractivity contribution in [2.45, 2.75) is 12.6 Å². The lowest BCUT2D eigenvalue weighted by atomic mass is 10.1. The number of hydrogen-bond donors (Lipinski definition) is 2. The number of benzene rings is 2. The molecule has 19 heavy (non-hydrogen) atoms. The van der Waals surface area contributed by atoms with Gasteiger partial charge in [0.25, 0.3) is 0 Å². The molecular weight excluding hydrogens is 243 g/mol. The Kier molecular flexibility index (Phi) is 4.26. The van der Waals surface area contributed by atoms with Gasteiger partial charge in [-0.25, -0.2) is 4.39 Å². The van der Waals surface area contributed by atoms with E-state index in [0.29, 0.717) is 5.56 Å². The fourth-order valence-electron chi connectivity index (χ4n) is 1.75. The van der Waals surface area contributed by atoms with Gasteiger partial charge in [0.05, 0.1) is 0 Å². The molecule has 0 aliphatic rings. The molecule has 0 saturated carbocycles. The molecule has 0 unspecified atom stereocenters. The Morgan fingerprint density at radius 1 is 1.11 bits per heavy atom. The maximum atomic E-state index is 13.4. The fourth-order valence-corrected chi connectivity index (χ4v) is 1.75. The third-order valence-electron chi connectivity index (χ3n) is 2.85. The molecule has 2 aromatic carbocycles. The Morgan fingerprint density at radius 3 is 2.42 bits per heavy atom. The lowest BCUT2D eigenvalue weighted by molar-refractivity contribution is -0.122. The third-order valence-corrected chi connectivity index (χ3v) is 2.85. The monoisotopic (exact) mass is 258 g/mol. The second-order valence-electron chi connectivity index (χ2n) is 4.20. The molecule has 0 aromatic heterocycles. The van der Waals surface area contributed by atoms with E-state index in [4.69, 9.17) is 5.73 Å². The molecule has 2 rings (SSSR count). The van der Waals surface area contributed by atoms with Gasteiger partial charge < -0.3 is 11.1 Å². The summed E-state index contributed by atoms with van der Waals surface area (Å²) in [5.41, 5.74) is 7.01. The fraction of sp³-hybridized carbons (Fsp3) is 0.133. The highest BCUT2D eigenvalue weighted by Crippen LogP contribution is 2.10. The van der Waals surface area contributed by atoms with Crippen molar-refractivity contribution in [1.29, 1.82) is 0 Å². The molecule has 0 saturated heterocycles. The number of nitrogens with two attached hydrogens (primary N) is 1. The van der Waals surface area contributed by atoms with Crippen molar-refractivity contribution in [1.82, 2.24) is 5.32 Å². The summed E-state index contributed by atoms with van der Waals surface area (Å²) in [6.45, 7) is 0.131. The second kappa shape index (κ2) is 6.11. The zero-order valence-electron chi connectivity index (χ0n) is 10.3. The standard InChI is InChI=1S/C15H15FN2O/c16-13-9-5-4-8-12(13)10-18-15(19)14(17)11-6-2-1-3-7-11/h1-9,14H,10,17H2,(H,18,19)/t14-/m0/s1. The molecule has 0 heterocycles. The SMILES string of the molecule is N[C@H](C(=O)NCc1ccccc1F)c1ccccc1. The van der Waals surface area contributed by atoms with Crippen molar-refractivity contribution in [2.75, 3.05) is 0 Å². The maximum absolute atomic E-state index is 13.4. The molecule has 1 atom stereocenters. The Labute approximate surface area is 111 Å². The van der Waals surface area contributed by atoms with E-state index in [1.165, 1.54) is 6.07 Å². The number of rotatable bonds is 4. The van der Waals surface area contributed by atoms with Crippen molar-refractivity contribution >= 4 is 5.91 Å². The van der Waals surface area contributed by atoms with Crippen molar-refractivity contribution < 1.29 is 9.18 Å². The van der Waals surface area contributed by atoms with E-state index in [0.717, 1.165) is 5.56 Å². The van der Waals surface area contributed by atoms with Crippen LogP contribution in [0, 0.1) is 5.82 Å². The van der Waals surface area contributed by atoms with E-state index in [9.17, 15) is 9.18 Å². The van der Waals surface area contributed by atoms with E-state index >= 15 is 0 Å². The smallest absolute Gasteiger partial charge is 0.241 e. The zero-order chi connectivity index (χ0) is 13.7. The summed E-state index contributed by atoms with van der Waals surface area (Å²) in [5.74, 6) is -0.662. The Hall–Kier alpha value is -2.20. The van der Waals surface area contributed by atoms with Gasteiger partial charge in [-0.15, -0.1) is 0 Å². The predicted molar refractivity (Wildman–Crippen MR) is 71.6 cm³/mol. The van der Waals surface area contributed by atoms with Gasteiger partial charge in [0.1, 0.15) is 11.9 Å². The first-order chi connectivity index (χ1) is 9.18. The predicted octanol–water partition coefficient (Wildman–Crippen LogP) is 2.14. The van der Waals surface area contributed by atoms with Crippen LogP contribution in [-0.4, -0.2) is 5.91 Å². The second-order valence-corrected chi connectivity index (χ2v) is 4.20.